The van der Waals surface area contributed by atoms with Crippen LogP contribution in [0.2, 0.25) is 0 Å². The Labute approximate surface area is 165 Å². The highest BCUT2D eigenvalue weighted by molar-refractivity contribution is 5.74. The third-order valence-corrected chi connectivity index (χ3v) is 5.27. The van der Waals surface area contributed by atoms with E-state index in [2.05, 4.69) is 0 Å². The summed E-state index contributed by atoms with van der Waals surface area (Å²) in [4.78, 5) is 13.6. The maximum Gasteiger partial charge on any atom is 0.320 e. The number of methoxy groups -OCH3 is 2. The topological polar surface area (TPSA) is 68.2 Å². The number of aliphatic carboxylic acids is 1. The van der Waals surface area contributed by atoms with Crippen LogP contribution in [-0.2, 0) is 11.4 Å². The number of rotatable bonds is 8. The first-order valence-electron chi connectivity index (χ1n) is 9.46. The lowest BCUT2D eigenvalue weighted by Gasteiger charge is -2.29. The first kappa shape index (κ1) is 20.0. The van der Waals surface area contributed by atoms with Gasteiger partial charge in [-0.05, 0) is 49.6 Å². The molecule has 0 aliphatic carbocycles. The summed E-state index contributed by atoms with van der Waals surface area (Å²) >= 11 is 0. The molecule has 1 aliphatic heterocycles. The molecular weight excluding hydrogens is 358 g/mol. The minimum absolute atomic E-state index is 0.0745. The first-order valence-corrected chi connectivity index (χ1v) is 9.46. The molecule has 28 heavy (non-hydrogen) atoms. The van der Waals surface area contributed by atoms with Gasteiger partial charge >= 0.3 is 5.97 Å². The van der Waals surface area contributed by atoms with Crippen molar-refractivity contribution >= 4 is 5.97 Å². The third kappa shape index (κ3) is 4.22. The van der Waals surface area contributed by atoms with Gasteiger partial charge in [0.2, 0.25) is 5.75 Å². The number of likely N-dealkylation sites (tertiary alicyclic amines) is 1. The normalized spacial score (nSPS) is 17.9. The number of hydrogen-bond donors (Lipinski definition) is 1. The van der Waals surface area contributed by atoms with Gasteiger partial charge in [0.1, 0.15) is 12.6 Å². The summed E-state index contributed by atoms with van der Waals surface area (Å²) in [5.74, 6) is 0.915. The number of carbonyl (C=O) groups is 1. The molecule has 2 aromatic rings. The quantitative estimate of drug-likeness (QED) is 0.743. The second-order valence-electron chi connectivity index (χ2n) is 6.94. The molecule has 0 aromatic heterocycles. The molecule has 0 amide bonds. The van der Waals surface area contributed by atoms with E-state index in [0.29, 0.717) is 30.3 Å². The van der Waals surface area contributed by atoms with E-state index < -0.39 is 12.0 Å². The number of nitrogens with zero attached hydrogens (tertiary/aromatic N) is 1. The second kappa shape index (κ2) is 8.97. The molecule has 2 aromatic carbocycles. The van der Waals surface area contributed by atoms with Crippen LogP contribution in [0.1, 0.15) is 36.9 Å². The van der Waals surface area contributed by atoms with E-state index >= 15 is 0 Å². The Balaban J connectivity index is 1.86. The van der Waals surface area contributed by atoms with Crippen molar-refractivity contribution in [2.24, 2.45) is 0 Å². The van der Waals surface area contributed by atoms with Crippen LogP contribution >= 0.6 is 0 Å². The molecule has 6 nitrogen and oxygen atoms in total. The highest BCUT2D eigenvalue weighted by atomic mass is 16.5. The van der Waals surface area contributed by atoms with Crippen molar-refractivity contribution in [1.29, 1.82) is 0 Å². The van der Waals surface area contributed by atoms with Crippen LogP contribution < -0.4 is 14.2 Å². The van der Waals surface area contributed by atoms with E-state index in [0.717, 1.165) is 24.1 Å². The summed E-state index contributed by atoms with van der Waals surface area (Å²) in [6.07, 6.45) is 1.56. The van der Waals surface area contributed by atoms with Crippen molar-refractivity contribution in [3.63, 3.8) is 0 Å². The van der Waals surface area contributed by atoms with Crippen LogP contribution in [0.15, 0.2) is 42.5 Å². The number of carboxylic acids is 1. The maximum absolute atomic E-state index is 11.6. The summed E-state index contributed by atoms with van der Waals surface area (Å²) in [5.41, 5.74) is 1.99. The Kier molecular flexibility index (Phi) is 6.41. The van der Waals surface area contributed by atoms with Crippen LogP contribution in [0.4, 0.5) is 0 Å². The van der Waals surface area contributed by atoms with Gasteiger partial charge < -0.3 is 19.3 Å². The molecule has 0 spiro atoms. The Hall–Kier alpha value is -2.73. The lowest BCUT2D eigenvalue weighted by molar-refractivity contribution is -0.142. The smallest absolute Gasteiger partial charge is 0.320 e. The fourth-order valence-corrected chi connectivity index (χ4v) is 3.72. The second-order valence-corrected chi connectivity index (χ2v) is 6.94. The predicted molar refractivity (Wildman–Crippen MR) is 106 cm³/mol. The van der Waals surface area contributed by atoms with Crippen molar-refractivity contribution in [2.45, 2.75) is 38.5 Å². The SMILES string of the molecule is COc1cc(C(C)N2CCCC2C(=O)O)cc(OC)c1OCc1ccccc1. The van der Waals surface area contributed by atoms with Crippen LogP contribution in [0.3, 0.4) is 0 Å². The monoisotopic (exact) mass is 385 g/mol. The molecule has 1 N–H and O–H groups in total. The molecular formula is C22H27NO5. The highest BCUT2D eigenvalue weighted by Crippen LogP contribution is 2.42. The largest absolute Gasteiger partial charge is 0.493 e. The van der Waals surface area contributed by atoms with Gasteiger partial charge in [0.25, 0.3) is 0 Å². The van der Waals surface area contributed by atoms with E-state index in [1.54, 1.807) is 14.2 Å². The minimum atomic E-state index is -0.772. The Bertz CT molecular complexity index is 783. The molecule has 150 valence electrons. The van der Waals surface area contributed by atoms with E-state index in [9.17, 15) is 9.90 Å². The van der Waals surface area contributed by atoms with Crippen molar-refractivity contribution in [2.75, 3.05) is 20.8 Å². The van der Waals surface area contributed by atoms with Crippen molar-refractivity contribution < 1.29 is 24.1 Å². The molecule has 3 rings (SSSR count). The molecule has 1 heterocycles. The average molecular weight is 385 g/mol. The molecule has 1 aliphatic rings. The van der Waals surface area contributed by atoms with Gasteiger partial charge in [-0.2, -0.15) is 0 Å². The zero-order valence-corrected chi connectivity index (χ0v) is 16.6. The van der Waals surface area contributed by atoms with E-state index in [1.165, 1.54) is 0 Å². The summed E-state index contributed by atoms with van der Waals surface area (Å²) in [5, 5.41) is 9.49. The Morgan fingerprint density at radius 1 is 1.18 bits per heavy atom. The van der Waals surface area contributed by atoms with Crippen molar-refractivity contribution in [3.05, 3.63) is 53.6 Å². The van der Waals surface area contributed by atoms with Crippen LogP contribution in [0.5, 0.6) is 17.2 Å². The lowest BCUT2D eigenvalue weighted by Crippen LogP contribution is -2.37. The lowest BCUT2D eigenvalue weighted by atomic mass is 10.0. The molecule has 0 saturated carbocycles. The third-order valence-electron chi connectivity index (χ3n) is 5.27. The molecule has 6 heteroatoms. The zero-order chi connectivity index (χ0) is 20.1. The molecule has 0 radical (unpaired) electrons. The Morgan fingerprint density at radius 2 is 1.82 bits per heavy atom. The van der Waals surface area contributed by atoms with E-state index in [4.69, 9.17) is 14.2 Å². The maximum atomic E-state index is 11.6. The molecule has 2 unspecified atom stereocenters. The summed E-state index contributed by atoms with van der Waals surface area (Å²) in [7, 11) is 3.18. The standard InChI is InChI=1S/C22H27NO5/c1-15(23-11-7-10-18(23)22(24)25)17-12-19(26-2)21(20(13-17)27-3)28-14-16-8-5-4-6-9-16/h4-6,8-9,12-13,15,18H,7,10-11,14H2,1-3H3,(H,24,25). The van der Waals surface area contributed by atoms with Crippen LogP contribution in [0.25, 0.3) is 0 Å². The minimum Gasteiger partial charge on any atom is -0.493 e. The zero-order valence-electron chi connectivity index (χ0n) is 16.6. The summed E-state index contributed by atoms with van der Waals surface area (Å²) in [6, 6.07) is 13.2. The highest BCUT2D eigenvalue weighted by Gasteiger charge is 2.34. The van der Waals surface area contributed by atoms with Gasteiger partial charge in [0.15, 0.2) is 11.5 Å². The fraction of sp³-hybridized carbons (Fsp3) is 0.409. The number of ether oxygens (including phenoxy) is 3. The molecule has 0 bridgehead atoms. The summed E-state index contributed by atoms with van der Waals surface area (Å²) < 4.78 is 17.1. The van der Waals surface area contributed by atoms with E-state index in [1.807, 2.05) is 54.3 Å². The first-order chi connectivity index (χ1) is 13.5. The number of carboxylic acid groups (broad SMARTS) is 1. The summed E-state index contributed by atoms with van der Waals surface area (Å²) in [6.45, 7) is 3.17. The molecule has 2 atom stereocenters. The predicted octanol–water partition coefficient (Wildman–Crippen LogP) is 3.89. The van der Waals surface area contributed by atoms with Gasteiger partial charge in [-0.15, -0.1) is 0 Å². The van der Waals surface area contributed by atoms with Gasteiger partial charge in [-0.3, -0.25) is 9.69 Å². The van der Waals surface area contributed by atoms with Gasteiger partial charge in [-0.1, -0.05) is 30.3 Å². The van der Waals surface area contributed by atoms with Crippen LogP contribution in [-0.4, -0.2) is 42.8 Å². The van der Waals surface area contributed by atoms with Gasteiger partial charge in [-0.25, -0.2) is 0 Å². The van der Waals surface area contributed by atoms with Gasteiger partial charge in [0, 0.05) is 6.04 Å². The molecule has 1 fully saturated rings. The van der Waals surface area contributed by atoms with Gasteiger partial charge in [0.05, 0.1) is 14.2 Å². The fourth-order valence-electron chi connectivity index (χ4n) is 3.72. The van der Waals surface area contributed by atoms with Crippen LogP contribution in [0, 0.1) is 0 Å². The number of hydrogen-bond acceptors (Lipinski definition) is 5. The Morgan fingerprint density at radius 3 is 2.39 bits per heavy atom. The van der Waals surface area contributed by atoms with Crippen molar-refractivity contribution in [1.82, 2.24) is 4.90 Å². The molecule has 1 saturated heterocycles. The number of benzene rings is 2. The van der Waals surface area contributed by atoms with Crippen molar-refractivity contribution in [3.8, 4) is 17.2 Å². The van der Waals surface area contributed by atoms with E-state index in [-0.39, 0.29) is 6.04 Å². The average Bonchev–Trinajstić information content (AvgIpc) is 3.22.